The van der Waals surface area contributed by atoms with E-state index in [0.717, 1.165) is 31.6 Å². The minimum atomic E-state index is -5.02. The number of aryl methyl sites for hydroxylation is 1. The van der Waals surface area contributed by atoms with E-state index >= 15 is 0 Å². The molecular weight excluding hydrogens is 605 g/mol. The van der Waals surface area contributed by atoms with Gasteiger partial charge in [-0.15, -0.1) is 10.2 Å². The monoisotopic (exact) mass is 636 g/mol. The standard InChI is InChI=1S/C29H31F3N4O5S2/c1-17-34-35-28(43-17)42-16-22-13-24(20-8-6-19(15-37)7-9-20)41-26(40-22)21-10-4-18(5-11-21)14-33-25(38)23-3-2-12-36(23)27(39)29(30,31)32/h4-11,22-24,26,37H,2-3,12-16H2,1H3,(H,33,38)/t22-,23+,24+,26+/m1/s1. The van der Waals surface area contributed by atoms with Gasteiger partial charge < -0.3 is 24.8 Å². The largest absolute Gasteiger partial charge is 0.471 e. The third-order valence-electron chi connectivity index (χ3n) is 7.29. The molecule has 0 spiro atoms. The highest BCUT2D eigenvalue weighted by Gasteiger charge is 2.47. The first-order valence-electron chi connectivity index (χ1n) is 13.8. The molecule has 4 atom stereocenters. The van der Waals surface area contributed by atoms with E-state index in [1.54, 1.807) is 23.9 Å². The van der Waals surface area contributed by atoms with E-state index in [0.29, 0.717) is 23.5 Å². The number of halogens is 3. The van der Waals surface area contributed by atoms with Crippen LogP contribution in [-0.4, -0.2) is 62.6 Å². The summed E-state index contributed by atoms with van der Waals surface area (Å²) >= 11 is 3.10. The van der Waals surface area contributed by atoms with Gasteiger partial charge in [0.05, 0.1) is 18.8 Å². The number of benzene rings is 2. The first-order chi connectivity index (χ1) is 20.6. The zero-order valence-electron chi connectivity index (χ0n) is 23.3. The predicted molar refractivity (Wildman–Crippen MR) is 153 cm³/mol. The summed E-state index contributed by atoms with van der Waals surface area (Å²) in [5.74, 6) is -1.95. The van der Waals surface area contributed by atoms with E-state index in [-0.39, 0.29) is 38.3 Å². The van der Waals surface area contributed by atoms with Crippen LogP contribution in [0.3, 0.4) is 0 Å². The summed E-state index contributed by atoms with van der Waals surface area (Å²) in [7, 11) is 0. The first kappa shape index (κ1) is 31.4. The maximum atomic E-state index is 12.9. The van der Waals surface area contributed by atoms with Gasteiger partial charge in [0.15, 0.2) is 10.6 Å². The number of aliphatic hydroxyl groups is 1. The number of carbonyl (C=O) groups is 2. The Morgan fingerprint density at radius 3 is 2.42 bits per heavy atom. The molecule has 0 radical (unpaired) electrons. The van der Waals surface area contributed by atoms with Crippen molar-refractivity contribution < 1.29 is 37.3 Å². The molecule has 1 aromatic heterocycles. The van der Waals surface area contributed by atoms with Gasteiger partial charge in [-0.3, -0.25) is 9.59 Å². The van der Waals surface area contributed by atoms with E-state index < -0.39 is 30.3 Å². The van der Waals surface area contributed by atoms with Crippen LogP contribution in [0.2, 0.25) is 0 Å². The number of ether oxygens (including phenoxy) is 2. The number of likely N-dealkylation sites (tertiary alicyclic amines) is 1. The smallest absolute Gasteiger partial charge is 0.392 e. The Kier molecular flexibility index (Phi) is 10.0. The summed E-state index contributed by atoms with van der Waals surface area (Å²) in [6.07, 6.45) is -4.93. The summed E-state index contributed by atoms with van der Waals surface area (Å²) in [6.45, 7) is 1.85. The Labute approximate surface area is 254 Å². The fourth-order valence-corrected chi connectivity index (χ4v) is 6.93. The molecule has 2 fully saturated rings. The van der Waals surface area contributed by atoms with Crippen LogP contribution < -0.4 is 5.32 Å². The fourth-order valence-electron chi connectivity index (χ4n) is 5.07. The van der Waals surface area contributed by atoms with Gasteiger partial charge in [0.2, 0.25) is 5.91 Å². The molecule has 2 aliphatic rings. The number of rotatable bonds is 9. The first-order valence-corrected chi connectivity index (χ1v) is 15.6. The summed E-state index contributed by atoms with van der Waals surface area (Å²) in [4.78, 5) is 25.0. The van der Waals surface area contributed by atoms with Crippen molar-refractivity contribution in [2.75, 3.05) is 12.3 Å². The lowest BCUT2D eigenvalue weighted by atomic mass is 10.0. The zero-order chi connectivity index (χ0) is 30.6. The summed E-state index contributed by atoms with van der Waals surface area (Å²) in [5.41, 5.74) is 3.28. The maximum Gasteiger partial charge on any atom is 0.471 e. The van der Waals surface area contributed by atoms with Crippen molar-refractivity contribution >= 4 is 34.9 Å². The van der Waals surface area contributed by atoms with Crippen LogP contribution in [0.4, 0.5) is 13.2 Å². The molecule has 9 nitrogen and oxygen atoms in total. The van der Waals surface area contributed by atoms with Crippen LogP contribution in [-0.2, 0) is 32.2 Å². The van der Waals surface area contributed by atoms with Crippen molar-refractivity contribution in [3.05, 3.63) is 75.8 Å². The van der Waals surface area contributed by atoms with Crippen molar-refractivity contribution in [3.8, 4) is 0 Å². The lowest BCUT2D eigenvalue weighted by Gasteiger charge is -2.36. The minimum absolute atomic E-state index is 0.0462. The molecule has 0 saturated carbocycles. The topological polar surface area (TPSA) is 114 Å². The van der Waals surface area contributed by atoms with Crippen molar-refractivity contribution in [2.45, 2.75) is 74.4 Å². The normalized spacial score (nSPS) is 22.5. The van der Waals surface area contributed by atoms with Crippen LogP contribution >= 0.6 is 23.1 Å². The average Bonchev–Trinajstić information content (AvgIpc) is 3.67. The minimum Gasteiger partial charge on any atom is -0.392 e. The highest BCUT2D eigenvalue weighted by molar-refractivity contribution is 8.01. The van der Waals surface area contributed by atoms with Crippen LogP contribution in [0.25, 0.3) is 0 Å². The molecule has 43 heavy (non-hydrogen) atoms. The Morgan fingerprint density at radius 2 is 1.77 bits per heavy atom. The molecule has 2 amide bonds. The number of hydrogen-bond donors (Lipinski definition) is 2. The number of aliphatic hydroxyl groups excluding tert-OH is 1. The van der Waals surface area contributed by atoms with Crippen molar-refractivity contribution in [3.63, 3.8) is 0 Å². The third-order valence-corrected chi connectivity index (χ3v) is 9.40. The fraction of sp³-hybridized carbons (Fsp3) is 0.448. The van der Waals surface area contributed by atoms with E-state index in [2.05, 4.69) is 15.5 Å². The second kappa shape index (κ2) is 13.7. The van der Waals surface area contributed by atoms with Crippen LogP contribution in [0, 0.1) is 6.92 Å². The van der Waals surface area contributed by atoms with Gasteiger partial charge in [-0.2, -0.15) is 13.2 Å². The second-order valence-electron chi connectivity index (χ2n) is 10.4. The summed E-state index contributed by atoms with van der Waals surface area (Å²) < 4.78 is 52.3. The lowest BCUT2D eigenvalue weighted by molar-refractivity contribution is -0.245. The van der Waals surface area contributed by atoms with Gasteiger partial charge in [-0.25, -0.2) is 0 Å². The number of carbonyl (C=O) groups excluding carboxylic acids is 2. The van der Waals surface area contributed by atoms with E-state index in [1.165, 1.54) is 11.3 Å². The van der Waals surface area contributed by atoms with E-state index in [1.807, 2.05) is 43.3 Å². The molecule has 0 bridgehead atoms. The molecular formula is C29H31F3N4O5S2. The van der Waals surface area contributed by atoms with Crippen LogP contribution in [0.5, 0.6) is 0 Å². The van der Waals surface area contributed by atoms with Crippen molar-refractivity contribution in [1.29, 1.82) is 0 Å². The second-order valence-corrected chi connectivity index (χ2v) is 12.8. The number of nitrogens with zero attached hydrogens (tertiary/aromatic N) is 3. The van der Waals surface area contributed by atoms with Gasteiger partial charge in [0.1, 0.15) is 11.0 Å². The van der Waals surface area contributed by atoms with Crippen molar-refractivity contribution in [1.82, 2.24) is 20.4 Å². The molecule has 3 aromatic rings. The summed E-state index contributed by atoms with van der Waals surface area (Å²) in [5, 5.41) is 21.2. The van der Waals surface area contributed by atoms with Gasteiger partial charge in [-0.1, -0.05) is 71.6 Å². The molecule has 2 aromatic carbocycles. The summed E-state index contributed by atoms with van der Waals surface area (Å²) in [6, 6.07) is 13.7. The number of aromatic nitrogens is 2. The quantitative estimate of drug-likeness (QED) is 0.321. The third kappa shape index (κ3) is 7.92. The number of thioether (sulfide) groups is 1. The van der Waals surface area contributed by atoms with Gasteiger partial charge in [0, 0.05) is 30.8 Å². The molecule has 0 unspecified atom stereocenters. The average molecular weight is 637 g/mol. The Hall–Kier alpha value is -3.04. The predicted octanol–water partition coefficient (Wildman–Crippen LogP) is 4.85. The van der Waals surface area contributed by atoms with Gasteiger partial charge in [0.25, 0.3) is 0 Å². The van der Waals surface area contributed by atoms with Gasteiger partial charge >= 0.3 is 12.1 Å². The molecule has 14 heteroatoms. The number of alkyl halides is 3. The SMILES string of the molecule is Cc1nnc(SC[C@H]2C[C@@H](c3ccc(CO)cc3)O[C@@H](c3ccc(CNC(=O)[C@@H]4CCCN4C(=O)C(F)(F)F)cc3)O2)s1. The van der Waals surface area contributed by atoms with E-state index in [9.17, 15) is 27.9 Å². The molecule has 2 saturated heterocycles. The van der Waals surface area contributed by atoms with Gasteiger partial charge in [-0.05, 0) is 36.5 Å². The number of nitrogens with one attached hydrogen (secondary N) is 1. The molecule has 5 rings (SSSR count). The zero-order valence-corrected chi connectivity index (χ0v) is 24.9. The highest BCUT2D eigenvalue weighted by atomic mass is 32.2. The Balaban J connectivity index is 1.23. The number of amides is 2. The molecule has 2 N–H and O–H groups in total. The molecule has 0 aliphatic carbocycles. The maximum absolute atomic E-state index is 12.9. The molecule has 3 heterocycles. The van der Waals surface area contributed by atoms with Crippen LogP contribution in [0.15, 0.2) is 52.9 Å². The van der Waals surface area contributed by atoms with Crippen molar-refractivity contribution in [2.24, 2.45) is 0 Å². The molecule has 2 aliphatic heterocycles. The Bertz CT molecular complexity index is 1400. The molecule has 230 valence electrons. The highest BCUT2D eigenvalue weighted by Crippen LogP contribution is 2.39. The van der Waals surface area contributed by atoms with Crippen LogP contribution in [0.1, 0.15) is 58.9 Å². The van der Waals surface area contributed by atoms with E-state index in [4.69, 9.17) is 9.47 Å². The number of hydrogen-bond acceptors (Lipinski definition) is 9. The Morgan fingerprint density at radius 1 is 1.07 bits per heavy atom. The lowest BCUT2D eigenvalue weighted by Crippen LogP contribution is -2.50.